The average Bonchev–Trinajstić information content (AvgIpc) is 2.74. The van der Waals surface area contributed by atoms with E-state index >= 15 is 0 Å². The van der Waals surface area contributed by atoms with Gasteiger partial charge in [0.1, 0.15) is 5.75 Å². The molecule has 1 aromatic heterocycles. The number of hydrogen-bond donors (Lipinski definition) is 2. The second-order valence-electron chi connectivity index (χ2n) is 8.20. The molecule has 0 aliphatic carbocycles. The molecule has 2 N–H and O–H groups in total. The minimum Gasteiger partial charge on any atom is -0.493 e. The molecule has 3 aromatic rings. The van der Waals surface area contributed by atoms with Crippen LogP contribution in [0.15, 0.2) is 53.3 Å². The summed E-state index contributed by atoms with van der Waals surface area (Å²) in [6.07, 6.45) is 0.0583. The highest BCUT2D eigenvalue weighted by Gasteiger charge is 2.16. The number of hydrogen-bond acceptors (Lipinski definition) is 5. The van der Waals surface area contributed by atoms with Crippen LogP contribution in [0.3, 0.4) is 0 Å². The number of aromatic nitrogens is 2. The van der Waals surface area contributed by atoms with Crippen LogP contribution in [-0.2, 0) is 17.3 Å². The van der Waals surface area contributed by atoms with Gasteiger partial charge in [0.25, 0.3) is 11.5 Å². The van der Waals surface area contributed by atoms with Crippen LogP contribution < -0.4 is 21.1 Å². The Kier molecular flexibility index (Phi) is 6.39. The van der Waals surface area contributed by atoms with Gasteiger partial charge in [-0.15, -0.1) is 0 Å². The Hall–Kier alpha value is -3.68. The van der Waals surface area contributed by atoms with Crippen molar-refractivity contribution in [2.45, 2.75) is 32.6 Å². The zero-order valence-electron chi connectivity index (χ0n) is 18.1. The van der Waals surface area contributed by atoms with Crippen molar-refractivity contribution in [1.29, 1.82) is 0 Å². The summed E-state index contributed by atoms with van der Waals surface area (Å²) >= 11 is 0. The van der Waals surface area contributed by atoms with E-state index in [9.17, 15) is 14.4 Å². The van der Waals surface area contributed by atoms with Crippen LogP contribution in [-0.4, -0.2) is 28.2 Å². The van der Waals surface area contributed by atoms with E-state index in [1.54, 1.807) is 24.3 Å². The Morgan fingerprint density at radius 1 is 1.00 bits per heavy atom. The summed E-state index contributed by atoms with van der Waals surface area (Å²) in [5.74, 6) is -0.349. The lowest BCUT2D eigenvalue weighted by atomic mass is 9.87. The smallest absolute Gasteiger partial charge is 0.290 e. The van der Waals surface area contributed by atoms with E-state index in [0.717, 1.165) is 4.68 Å². The van der Waals surface area contributed by atoms with Gasteiger partial charge in [-0.3, -0.25) is 25.2 Å². The lowest BCUT2D eigenvalue weighted by Crippen LogP contribution is -2.43. The zero-order valence-corrected chi connectivity index (χ0v) is 18.1. The molecule has 31 heavy (non-hydrogen) atoms. The first-order valence-corrected chi connectivity index (χ1v) is 9.95. The molecule has 3 rings (SSSR count). The highest BCUT2D eigenvalue weighted by Crippen LogP contribution is 2.24. The lowest BCUT2D eigenvalue weighted by Gasteiger charge is -2.19. The summed E-state index contributed by atoms with van der Waals surface area (Å²) in [6, 6.07) is 14.4. The van der Waals surface area contributed by atoms with Crippen molar-refractivity contribution in [1.82, 2.24) is 20.6 Å². The number of rotatable bonds is 5. The number of hydrazine groups is 1. The molecule has 0 fully saturated rings. The topological polar surface area (TPSA) is 102 Å². The van der Waals surface area contributed by atoms with Gasteiger partial charge in [-0.2, -0.15) is 5.10 Å². The van der Waals surface area contributed by atoms with Gasteiger partial charge < -0.3 is 4.74 Å². The monoisotopic (exact) mass is 422 g/mol. The van der Waals surface area contributed by atoms with E-state index in [-0.39, 0.29) is 29.7 Å². The summed E-state index contributed by atoms with van der Waals surface area (Å²) < 4.78 is 6.69. The van der Waals surface area contributed by atoms with Crippen molar-refractivity contribution >= 4 is 22.6 Å². The van der Waals surface area contributed by atoms with Gasteiger partial charge in [-0.1, -0.05) is 51.1 Å². The molecule has 0 aliphatic rings. The maximum atomic E-state index is 12.5. The SMILES string of the molecule is Cn1nc(C(=O)NNC(=O)CCOc2ccc(C(C)(C)C)cc2)c2ccccc2c1=O. The molecule has 1 heterocycles. The average molecular weight is 422 g/mol. The highest BCUT2D eigenvalue weighted by atomic mass is 16.5. The number of amides is 2. The summed E-state index contributed by atoms with van der Waals surface area (Å²) in [5.41, 5.74) is 5.69. The molecular weight excluding hydrogens is 396 g/mol. The minimum absolute atomic E-state index is 0.0492. The standard InChI is InChI=1S/C23H26N4O4/c1-23(2,3)15-9-11-16(12-10-15)31-14-13-19(28)24-25-21(29)20-17-7-5-6-8-18(17)22(30)27(4)26-20/h5-12H,13-14H2,1-4H3,(H,24,28)(H,25,29). The normalized spacial score (nSPS) is 11.2. The Morgan fingerprint density at radius 3 is 2.29 bits per heavy atom. The summed E-state index contributed by atoms with van der Waals surface area (Å²) in [4.78, 5) is 36.7. The Morgan fingerprint density at radius 2 is 1.65 bits per heavy atom. The number of nitrogens with zero attached hydrogens (tertiary/aromatic N) is 2. The first kappa shape index (κ1) is 22.0. The molecule has 0 spiro atoms. The number of ether oxygens (including phenoxy) is 1. The first-order chi connectivity index (χ1) is 14.7. The lowest BCUT2D eigenvalue weighted by molar-refractivity contribution is -0.122. The molecule has 0 aliphatic heterocycles. The zero-order chi connectivity index (χ0) is 22.6. The number of carbonyl (C=O) groups excluding carboxylic acids is 2. The molecule has 8 nitrogen and oxygen atoms in total. The van der Waals surface area contributed by atoms with Crippen molar-refractivity contribution in [3.05, 3.63) is 70.1 Å². The Bertz CT molecular complexity index is 1160. The van der Waals surface area contributed by atoms with Gasteiger partial charge >= 0.3 is 0 Å². The summed E-state index contributed by atoms with van der Waals surface area (Å²) in [7, 11) is 1.47. The van der Waals surface area contributed by atoms with Crippen molar-refractivity contribution < 1.29 is 14.3 Å². The first-order valence-electron chi connectivity index (χ1n) is 9.95. The van der Waals surface area contributed by atoms with Crippen LogP contribution in [0.1, 0.15) is 43.2 Å². The largest absolute Gasteiger partial charge is 0.493 e. The second kappa shape index (κ2) is 8.99. The van der Waals surface area contributed by atoms with Crippen molar-refractivity contribution in [3.63, 3.8) is 0 Å². The molecular formula is C23H26N4O4. The molecule has 0 saturated carbocycles. The van der Waals surface area contributed by atoms with Crippen molar-refractivity contribution in [3.8, 4) is 5.75 Å². The van der Waals surface area contributed by atoms with Crippen molar-refractivity contribution in [2.75, 3.05) is 6.61 Å². The molecule has 2 aromatic carbocycles. The fraction of sp³-hybridized carbons (Fsp3) is 0.304. The fourth-order valence-electron chi connectivity index (χ4n) is 3.03. The van der Waals surface area contributed by atoms with Gasteiger partial charge in [-0.25, -0.2) is 4.68 Å². The number of carbonyl (C=O) groups is 2. The second-order valence-corrected chi connectivity index (χ2v) is 8.20. The van der Waals surface area contributed by atoms with E-state index in [2.05, 4.69) is 36.7 Å². The Balaban J connectivity index is 1.53. The molecule has 2 amide bonds. The molecule has 0 bridgehead atoms. The third kappa shape index (κ3) is 5.28. The van der Waals surface area contributed by atoms with Gasteiger partial charge in [0, 0.05) is 12.4 Å². The van der Waals surface area contributed by atoms with Gasteiger partial charge in [0.15, 0.2) is 5.69 Å². The molecule has 162 valence electrons. The van der Waals surface area contributed by atoms with Crippen LogP contribution in [0.2, 0.25) is 0 Å². The number of benzene rings is 2. The highest BCUT2D eigenvalue weighted by molar-refractivity contribution is 6.05. The predicted octanol–water partition coefficient (Wildman–Crippen LogP) is 2.46. The van der Waals surface area contributed by atoms with Gasteiger partial charge in [0.05, 0.1) is 18.4 Å². The maximum Gasteiger partial charge on any atom is 0.290 e. The van der Waals surface area contributed by atoms with Gasteiger partial charge in [-0.05, 0) is 29.2 Å². The third-order valence-corrected chi connectivity index (χ3v) is 4.81. The van der Waals surface area contributed by atoms with Crippen LogP contribution in [0, 0.1) is 0 Å². The third-order valence-electron chi connectivity index (χ3n) is 4.81. The molecule has 8 heteroatoms. The van der Waals surface area contributed by atoms with Crippen LogP contribution in [0.25, 0.3) is 10.8 Å². The maximum absolute atomic E-state index is 12.5. The quantitative estimate of drug-likeness (QED) is 0.615. The van der Waals surface area contributed by atoms with E-state index < -0.39 is 11.8 Å². The predicted molar refractivity (Wildman–Crippen MR) is 118 cm³/mol. The molecule has 0 atom stereocenters. The molecule has 0 radical (unpaired) electrons. The van der Waals surface area contributed by atoms with Crippen molar-refractivity contribution in [2.24, 2.45) is 7.05 Å². The molecule has 0 unspecified atom stereocenters. The van der Waals surface area contributed by atoms with Crippen LogP contribution in [0.4, 0.5) is 0 Å². The van der Waals surface area contributed by atoms with Gasteiger partial charge in [0.2, 0.25) is 5.91 Å². The van der Waals surface area contributed by atoms with Crippen LogP contribution in [0.5, 0.6) is 5.75 Å². The van der Waals surface area contributed by atoms with E-state index in [4.69, 9.17) is 4.74 Å². The number of nitrogens with one attached hydrogen (secondary N) is 2. The number of aryl methyl sites for hydroxylation is 1. The number of fused-ring (bicyclic) bond motifs is 1. The summed E-state index contributed by atoms with van der Waals surface area (Å²) in [6.45, 7) is 6.57. The molecule has 0 saturated heterocycles. The van der Waals surface area contributed by atoms with E-state index in [0.29, 0.717) is 16.5 Å². The van der Waals surface area contributed by atoms with E-state index in [1.165, 1.54) is 12.6 Å². The Labute approximate surface area is 180 Å². The van der Waals surface area contributed by atoms with E-state index in [1.807, 2.05) is 24.3 Å². The fourth-order valence-corrected chi connectivity index (χ4v) is 3.03. The minimum atomic E-state index is -0.612. The summed E-state index contributed by atoms with van der Waals surface area (Å²) in [5, 5.41) is 4.81. The van der Waals surface area contributed by atoms with Crippen LogP contribution >= 0.6 is 0 Å².